The van der Waals surface area contributed by atoms with E-state index in [1.54, 1.807) is 68.8 Å². The van der Waals surface area contributed by atoms with Gasteiger partial charge in [-0.25, -0.2) is 4.79 Å². The van der Waals surface area contributed by atoms with E-state index in [-0.39, 0.29) is 35.8 Å². The maximum absolute atomic E-state index is 14.5. The average molecular weight is 693 g/mol. The molecule has 2 N–H and O–H groups in total. The van der Waals surface area contributed by atoms with Gasteiger partial charge in [0.05, 0.1) is 55.2 Å². The summed E-state index contributed by atoms with van der Waals surface area (Å²) in [6.07, 6.45) is 0. The number of nitrogen functional groups attached to an aromatic ring is 1. The number of rotatable bonds is 12. The molecule has 0 aliphatic heterocycles. The van der Waals surface area contributed by atoms with Gasteiger partial charge in [0.25, 0.3) is 5.56 Å². The molecule has 0 aliphatic rings. The van der Waals surface area contributed by atoms with E-state index in [0.717, 1.165) is 5.56 Å². The van der Waals surface area contributed by atoms with Crippen LogP contribution in [0, 0.1) is 0 Å². The Bertz CT molecular complexity index is 2000. The van der Waals surface area contributed by atoms with Gasteiger partial charge in [-0.15, -0.1) is 12.4 Å². The van der Waals surface area contributed by atoms with Crippen LogP contribution in [0.4, 0.5) is 5.69 Å². The third-order valence-corrected chi connectivity index (χ3v) is 7.76. The van der Waals surface area contributed by atoms with E-state index in [4.69, 9.17) is 43.6 Å². The zero-order valence-corrected chi connectivity index (χ0v) is 28.9. The van der Waals surface area contributed by atoms with Crippen LogP contribution < -0.4 is 44.5 Å². The molecular weight excluding hydrogens is 656 g/mol. The molecule has 0 aliphatic carbocycles. The molecule has 0 bridgehead atoms. The molecule has 0 fully saturated rings. The van der Waals surface area contributed by atoms with Gasteiger partial charge in [0, 0.05) is 28.4 Å². The summed E-state index contributed by atoms with van der Waals surface area (Å²) < 4.78 is 46.2. The maximum Gasteiger partial charge on any atom is 0.355 e. The van der Waals surface area contributed by atoms with Crippen LogP contribution in [0.1, 0.15) is 16.1 Å². The Balaban J connectivity index is 0.00000541. The minimum Gasteiger partial charge on any atom is -0.497 e. The molecule has 0 atom stereocenters. The van der Waals surface area contributed by atoms with Gasteiger partial charge in [0.2, 0.25) is 5.75 Å². The molecule has 5 rings (SSSR count). The lowest BCUT2D eigenvalue weighted by Gasteiger charge is -2.21. The second-order valence-electron chi connectivity index (χ2n) is 10.4. The van der Waals surface area contributed by atoms with Crippen molar-refractivity contribution in [1.82, 2.24) is 4.57 Å². The monoisotopic (exact) mass is 692 g/mol. The molecule has 0 amide bonds. The van der Waals surface area contributed by atoms with Crippen molar-refractivity contribution in [3.05, 3.63) is 88.3 Å². The maximum atomic E-state index is 14.5. The topological polar surface area (TPSA) is 139 Å². The molecule has 49 heavy (non-hydrogen) atoms. The van der Waals surface area contributed by atoms with Crippen molar-refractivity contribution in [1.29, 1.82) is 0 Å². The molecule has 1 heterocycles. The van der Waals surface area contributed by atoms with Gasteiger partial charge in [0.15, 0.2) is 23.0 Å². The standard InChI is InChI=1S/C36H36N2O10.ClH/c1-41-24-12-20(13-25(16-24)42-2)19-48-29-18-27-26(17-28(29)43-3)32(21-14-30(44-4)34(46-6)31(15-21)45-5)33(36(40)47-7)38(35(27)39)23-10-8-22(37)9-11-23;/h8-18H,19,37H2,1-7H3;1H. The lowest BCUT2D eigenvalue weighted by molar-refractivity contribution is 0.0591. The van der Waals surface area contributed by atoms with Gasteiger partial charge in [-0.3, -0.25) is 9.36 Å². The number of nitrogens with two attached hydrogens (primary N) is 1. The Morgan fingerprint density at radius 3 is 1.76 bits per heavy atom. The first kappa shape index (κ1) is 36.1. The molecule has 0 saturated carbocycles. The quantitative estimate of drug-likeness (QED) is 0.120. The van der Waals surface area contributed by atoms with Crippen LogP contribution in [0.15, 0.2) is 71.5 Å². The molecule has 13 heteroatoms. The van der Waals surface area contributed by atoms with Crippen molar-refractivity contribution in [2.75, 3.05) is 55.5 Å². The van der Waals surface area contributed by atoms with Crippen LogP contribution in [0.5, 0.6) is 40.2 Å². The van der Waals surface area contributed by atoms with E-state index in [2.05, 4.69) is 0 Å². The number of nitrogens with zero attached hydrogens (tertiary/aromatic N) is 1. The van der Waals surface area contributed by atoms with Gasteiger partial charge in [0.1, 0.15) is 23.8 Å². The largest absolute Gasteiger partial charge is 0.497 e. The zero-order valence-electron chi connectivity index (χ0n) is 28.1. The Hall–Kier alpha value is -5.75. The SMILES string of the molecule is COC(=O)c1c(-c2cc(OC)c(OC)c(OC)c2)c2cc(OC)c(OCc3cc(OC)cc(OC)c3)cc2c(=O)n1-c1ccc(N)cc1.Cl. The predicted octanol–water partition coefficient (Wildman–Crippen LogP) is 6.08. The molecule has 0 radical (unpaired) electrons. The highest BCUT2D eigenvalue weighted by Gasteiger charge is 2.28. The van der Waals surface area contributed by atoms with Crippen molar-refractivity contribution in [3.63, 3.8) is 0 Å². The van der Waals surface area contributed by atoms with Crippen LogP contribution in [0.2, 0.25) is 0 Å². The summed E-state index contributed by atoms with van der Waals surface area (Å²) in [5.74, 6) is 2.04. The predicted molar refractivity (Wildman–Crippen MR) is 188 cm³/mol. The van der Waals surface area contributed by atoms with Crippen LogP contribution in [0.3, 0.4) is 0 Å². The van der Waals surface area contributed by atoms with Gasteiger partial charge in [-0.05, 0) is 71.8 Å². The number of anilines is 1. The van der Waals surface area contributed by atoms with Crippen LogP contribution in [0.25, 0.3) is 27.6 Å². The molecule has 1 aromatic heterocycles. The van der Waals surface area contributed by atoms with Crippen molar-refractivity contribution in [2.24, 2.45) is 0 Å². The lowest BCUT2D eigenvalue weighted by Crippen LogP contribution is -2.27. The molecule has 0 spiro atoms. The summed E-state index contributed by atoms with van der Waals surface area (Å²) in [4.78, 5) is 28.2. The third-order valence-electron chi connectivity index (χ3n) is 7.76. The van der Waals surface area contributed by atoms with E-state index < -0.39 is 11.5 Å². The second kappa shape index (κ2) is 15.4. The summed E-state index contributed by atoms with van der Waals surface area (Å²) in [6, 6.07) is 18.6. The van der Waals surface area contributed by atoms with Crippen LogP contribution in [-0.2, 0) is 11.3 Å². The third kappa shape index (κ3) is 6.95. The van der Waals surface area contributed by atoms with Gasteiger partial charge < -0.3 is 43.6 Å². The Kier molecular flexibility index (Phi) is 11.4. The number of benzene rings is 4. The van der Waals surface area contributed by atoms with Gasteiger partial charge in [-0.2, -0.15) is 0 Å². The molecule has 4 aromatic carbocycles. The number of aromatic nitrogens is 1. The Morgan fingerprint density at radius 2 is 1.24 bits per heavy atom. The molecule has 0 unspecified atom stereocenters. The van der Waals surface area contributed by atoms with Crippen molar-refractivity contribution < 1.29 is 42.7 Å². The highest BCUT2D eigenvalue weighted by atomic mass is 35.5. The summed E-state index contributed by atoms with van der Waals surface area (Å²) in [5, 5.41) is 0.607. The fourth-order valence-electron chi connectivity index (χ4n) is 5.47. The second-order valence-corrected chi connectivity index (χ2v) is 10.4. The van der Waals surface area contributed by atoms with Crippen LogP contribution in [-0.4, -0.2) is 60.3 Å². The Morgan fingerprint density at radius 1 is 0.673 bits per heavy atom. The average Bonchev–Trinajstić information content (AvgIpc) is 3.12. The first-order chi connectivity index (χ1) is 23.2. The smallest absolute Gasteiger partial charge is 0.355 e. The number of halogens is 1. The minimum atomic E-state index is -0.763. The highest BCUT2D eigenvalue weighted by molar-refractivity contribution is 6.08. The van der Waals surface area contributed by atoms with E-state index in [1.807, 2.05) is 12.1 Å². The number of esters is 1. The molecule has 258 valence electrons. The summed E-state index contributed by atoms with van der Waals surface area (Å²) in [6.45, 7) is 0.0988. The van der Waals surface area contributed by atoms with E-state index >= 15 is 0 Å². The summed E-state index contributed by atoms with van der Waals surface area (Å²) in [7, 11) is 10.3. The summed E-state index contributed by atoms with van der Waals surface area (Å²) in [5.41, 5.74) is 7.84. The number of ether oxygens (including phenoxy) is 8. The first-order valence-electron chi connectivity index (χ1n) is 14.6. The lowest BCUT2D eigenvalue weighted by atomic mass is 9.95. The van der Waals surface area contributed by atoms with E-state index in [0.29, 0.717) is 62.4 Å². The first-order valence-corrected chi connectivity index (χ1v) is 14.6. The minimum absolute atomic E-state index is 0. The number of carbonyl (C=O) groups excluding carboxylic acids is 1. The van der Waals surface area contributed by atoms with Crippen molar-refractivity contribution in [2.45, 2.75) is 6.61 Å². The fraction of sp³-hybridized carbons (Fsp3) is 0.222. The highest BCUT2D eigenvalue weighted by Crippen LogP contribution is 2.45. The van der Waals surface area contributed by atoms with Crippen LogP contribution >= 0.6 is 12.4 Å². The van der Waals surface area contributed by atoms with Gasteiger partial charge >= 0.3 is 5.97 Å². The number of methoxy groups -OCH3 is 7. The molecule has 0 saturated heterocycles. The number of hydrogen-bond acceptors (Lipinski definition) is 11. The number of hydrogen-bond donors (Lipinski definition) is 1. The molecular formula is C36H37ClN2O10. The number of pyridine rings is 1. The zero-order chi connectivity index (χ0) is 34.5. The Labute approximate surface area is 289 Å². The normalized spacial score (nSPS) is 10.5. The molecule has 12 nitrogen and oxygen atoms in total. The molecule has 5 aromatic rings. The number of carbonyl (C=O) groups is 1. The van der Waals surface area contributed by atoms with Crippen molar-refractivity contribution in [3.8, 4) is 57.1 Å². The van der Waals surface area contributed by atoms with E-state index in [9.17, 15) is 9.59 Å². The van der Waals surface area contributed by atoms with Crippen molar-refractivity contribution >= 4 is 34.8 Å². The fourth-order valence-corrected chi connectivity index (χ4v) is 5.47. The number of fused-ring (bicyclic) bond motifs is 1. The van der Waals surface area contributed by atoms with Gasteiger partial charge in [-0.1, -0.05) is 0 Å². The van der Waals surface area contributed by atoms with E-state index in [1.165, 1.54) is 40.1 Å². The summed E-state index contributed by atoms with van der Waals surface area (Å²) >= 11 is 0.